The predicted molar refractivity (Wildman–Crippen MR) is 111 cm³/mol. The number of hydrogen-bond donors (Lipinski definition) is 1. The third-order valence-corrected chi connectivity index (χ3v) is 5.63. The van der Waals surface area contributed by atoms with Crippen LogP contribution in [0.15, 0.2) is 30.3 Å². The van der Waals surface area contributed by atoms with Crippen molar-refractivity contribution in [3.8, 4) is 11.4 Å². The average molecular weight is 430 g/mol. The minimum atomic E-state index is 0. The topological polar surface area (TPSA) is 107 Å². The first kappa shape index (κ1) is 20.4. The summed E-state index contributed by atoms with van der Waals surface area (Å²) in [6.45, 7) is 4.18. The summed E-state index contributed by atoms with van der Waals surface area (Å²) in [5.41, 5.74) is 0.888. The zero-order chi connectivity index (χ0) is 19.6. The number of benzene rings is 1. The molecule has 30 heavy (non-hydrogen) atoms. The van der Waals surface area contributed by atoms with E-state index < -0.39 is 0 Å². The monoisotopic (exact) mass is 429 g/mol. The van der Waals surface area contributed by atoms with Crippen LogP contribution in [0.1, 0.15) is 30.4 Å². The lowest BCUT2D eigenvalue weighted by Gasteiger charge is -2.32. The number of rotatable bonds is 4. The molecular formula is C19H24ClN9O. The number of aromatic nitrogens is 7. The van der Waals surface area contributed by atoms with Gasteiger partial charge in [0.1, 0.15) is 18.2 Å². The normalized spacial score (nSPS) is 16.7. The molecule has 0 radical (unpaired) electrons. The molecule has 0 spiro atoms. The Morgan fingerprint density at radius 1 is 1.07 bits per heavy atom. The van der Waals surface area contributed by atoms with E-state index in [0.29, 0.717) is 24.8 Å². The van der Waals surface area contributed by atoms with Crippen molar-refractivity contribution >= 4 is 18.3 Å². The molecule has 1 amide bonds. The molecule has 4 heterocycles. The summed E-state index contributed by atoms with van der Waals surface area (Å²) in [6, 6.07) is 9.64. The Labute approximate surface area is 180 Å². The van der Waals surface area contributed by atoms with Gasteiger partial charge in [0.05, 0.1) is 6.54 Å². The Bertz CT molecular complexity index is 995. The van der Waals surface area contributed by atoms with Crippen molar-refractivity contribution in [3.63, 3.8) is 0 Å². The maximum atomic E-state index is 12.7. The SMILES string of the molecule is Cl.O=C(Cn1nnc(-c2ccccc2)n1)N1CCC(c2nnc3n2CCNC3)CC1. The van der Waals surface area contributed by atoms with Crippen LogP contribution in [-0.2, 0) is 24.4 Å². The molecule has 0 bridgehead atoms. The van der Waals surface area contributed by atoms with Crippen LogP contribution in [0, 0.1) is 0 Å². The van der Waals surface area contributed by atoms with Crippen LogP contribution in [0.4, 0.5) is 0 Å². The van der Waals surface area contributed by atoms with Crippen LogP contribution in [-0.4, -0.2) is 65.4 Å². The number of hydrogen-bond acceptors (Lipinski definition) is 7. The fraction of sp³-hybridized carbons (Fsp3) is 0.474. The molecule has 2 aromatic heterocycles. The predicted octanol–water partition coefficient (Wildman–Crippen LogP) is 0.863. The number of nitrogens with one attached hydrogen (secondary N) is 1. The summed E-state index contributed by atoms with van der Waals surface area (Å²) in [7, 11) is 0. The number of piperidine rings is 1. The molecule has 1 saturated heterocycles. The molecule has 3 aromatic rings. The zero-order valence-electron chi connectivity index (χ0n) is 16.5. The molecule has 0 aliphatic carbocycles. The van der Waals surface area contributed by atoms with Gasteiger partial charge >= 0.3 is 0 Å². The largest absolute Gasteiger partial charge is 0.341 e. The molecule has 1 fully saturated rings. The number of halogens is 1. The van der Waals surface area contributed by atoms with E-state index >= 15 is 0 Å². The Hall–Kier alpha value is -2.85. The van der Waals surface area contributed by atoms with Crippen molar-refractivity contribution in [2.75, 3.05) is 19.6 Å². The van der Waals surface area contributed by atoms with Gasteiger partial charge < -0.3 is 14.8 Å². The Kier molecular flexibility index (Phi) is 6.05. The highest BCUT2D eigenvalue weighted by atomic mass is 35.5. The molecule has 10 nitrogen and oxygen atoms in total. The quantitative estimate of drug-likeness (QED) is 0.655. The maximum Gasteiger partial charge on any atom is 0.246 e. The highest BCUT2D eigenvalue weighted by molar-refractivity contribution is 5.85. The first-order chi connectivity index (χ1) is 14.3. The van der Waals surface area contributed by atoms with E-state index in [0.717, 1.165) is 49.7 Å². The van der Waals surface area contributed by atoms with Gasteiger partial charge in [0.15, 0.2) is 0 Å². The van der Waals surface area contributed by atoms with Gasteiger partial charge in [-0.3, -0.25) is 4.79 Å². The summed E-state index contributed by atoms with van der Waals surface area (Å²) in [5, 5.41) is 24.5. The first-order valence-corrected chi connectivity index (χ1v) is 10.0. The van der Waals surface area contributed by atoms with Crippen molar-refractivity contribution in [2.24, 2.45) is 0 Å². The highest BCUT2D eigenvalue weighted by Crippen LogP contribution is 2.28. The van der Waals surface area contributed by atoms with E-state index in [1.165, 1.54) is 4.80 Å². The van der Waals surface area contributed by atoms with E-state index in [9.17, 15) is 4.79 Å². The zero-order valence-corrected chi connectivity index (χ0v) is 17.3. The number of fused-ring (bicyclic) bond motifs is 1. The number of carbonyl (C=O) groups is 1. The van der Waals surface area contributed by atoms with E-state index in [1.54, 1.807) is 0 Å². The van der Waals surface area contributed by atoms with Gasteiger partial charge in [-0.2, -0.15) is 4.80 Å². The third kappa shape index (κ3) is 4.05. The fourth-order valence-electron chi connectivity index (χ4n) is 4.04. The van der Waals surface area contributed by atoms with Gasteiger partial charge in [0.25, 0.3) is 0 Å². The maximum absolute atomic E-state index is 12.7. The molecule has 11 heteroatoms. The summed E-state index contributed by atoms with van der Waals surface area (Å²) in [6.07, 6.45) is 1.80. The molecule has 1 N–H and O–H groups in total. The highest BCUT2D eigenvalue weighted by Gasteiger charge is 2.29. The van der Waals surface area contributed by atoms with Crippen molar-refractivity contribution in [1.82, 2.24) is 45.2 Å². The van der Waals surface area contributed by atoms with Crippen molar-refractivity contribution in [1.29, 1.82) is 0 Å². The Balaban J connectivity index is 0.00000218. The second kappa shape index (κ2) is 8.88. The molecule has 1 aromatic carbocycles. The van der Waals surface area contributed by atoms with E-state index in [4.69, 9.17) is 0 Å². The van der Waals surface area contributed by atoms with Gasteiger partial charge in [0, 0.05) is 37.7 Å². The first-order valence-electron chi connectivity index (χ1n) is 10.0. The molecule has 0 saturated carbocycles. The molecule has 2 aliphatic heterocycles. The lowest BCUT2D eigenvalue weighted by molar-refractivity contribution is -0.133. The second-order valence-corrected chi connectivity index (χ2v) is 7.47. The number of tetrazole rings is 1. The van der Waals surface area contributed by atoms with Crippen LogP contribution in [0.5, 0.6) is 0 Å². The average Bonchev–Trinajstić information content (AvgIpc) is 3.42. The summed E-state index contributed by atoms with van der Waals surface area (Å²) in [5.74, 6) is 2.99. The van der Waals surface area contributed by atoms with E-state index in [1.807, 2.05) is 35.2 Å². The minimum absolute atomic E-state index is 0. The molecule has 0 unspecified atom stereocenters. The minimum Gasteiger partial charge on any atom is -0.341 e. The van der Waals surface area contributed by atoms with E-state index in [2.05, 4.69) is 35.5 Å². The van der Waals surface area contributed by atoms with Crippen LogP contribution in [0.3, 0.4) is 0 Å². The summed E-state index contributed by atoms with van der Waals surface area (Å²) < 4.78 is 2.24. The van der Waals surface area contributed by atoms with Crippen LogP contribution >= 0.6 is 12.4 Å². The van der Waals surface area contributed by atoms with Crippen LogP contribution in [0.2, 0.25) is 0 Å². The van der Waals surface area contributed by atoms with Crippen LogP contribution < -0.4 is 5.32 Å². The third-order valence-electron chi connectivity index (χ3n) is 5.63. The smallest absolute Gasteiger partial charge is 0.246 e. The lowest BCUT2D eigenvalue weighted by Crippen LogP contribution is -2.40. The standard InChI is InChI=1S/C19H23N9O.ClH/c29-17(13-28-24-18(22-25-28)14-4-2-1-3-5-14)26-9-6-15(7-10-26)19-23-21-16-12-20-8-11-27(16)19;/h1-5,15,20H,6-13H2;1H. The van der Waals surface area contributed by atoms with Crippen LogP contribution in [0.25, 0.3) is 11.4 Å². The molecule has 0 atom stereocenters. The lowest BCUT2D eigenvalue weighted by atomic mass is 9.95. The molecular weight excluding hydrogens is 406 g/mol. The molecule has 5 rings (SSSR count). The molecule has 158 valence electrons. The van der Waals surface area contributed by atoms with Gasteiger partial charge in [-0.1, -0.05) is 30.3 Å². The second-order valence-electron chi connectivity index (χ2n) is 7.47. The Morgan fingerprint density at radius 3 is 2.67 bits per heavy atom. The van der Waals surface area contributed by atoms with Gasteiger partial charge in [-0.25, -0.2) is 0 Å². The summed E-state index contributed by atoms with van der Waals surface area (Å²) >= 11 is 0. The summed E-state index contributed by atoms with van der Waals surface area (Å²) in [4.78, 5) is 16.0. The van der Waals surface area contributed by atoms with Crippen molar-refractivity contribution in [2.45, 2.75) is 38.4 Å². The van der Waals surface area contributed by atoms with Gasteiger partial charge in [-0.15, -0.1) is 32.8 Å². The number of nitrogens with zero attached hydrogens (tertiary/aromatic N) is 8. The Morgan fingerprint density at radius 2 is 1.87 bits per heavy atom. The fourth-order valence-corrected chi connectivity index (χ4v) is 4.04. The number of amides is 1. The number of carbonyl (C=O) groups excluding carboxylic acids is 1. The van der Waals surface area contributed by atoms with Gasteiger partial charge in [-0.05, 0) is 18.1 Å². The number of likely N-dealkylation sites (tertiary alicyclic amines) is 1. The van der Waals surface area contributed by atoms with E-state index in [-0.39, 0.29) is 24.9 Å². The van der Waals surface area contributed by atoms with Crippen molar-refractivity contribution < 1.29 is 4.79 Å². The van der Waals surface area contributed by atoms with Crippen molar-refractivity contribution in [3.05, 3.63) is 42.0 Å². The molecule has 2 aliphatic rings. The van der Waals surface area contributed by atoms with Gasteiger partial charge in [0.2, 0.25) is 11.7 Å².